The summed E-state index contributed by atoms with van der Waals surface area (Å²) in [4.78, 5) is 18.3. The highest BCUT2D eigenvalue weighted by atomic mass is 19.1. The van der Waals surface area contributed by atoms with Crippen LogP contribution in [0.4, 0.5) is 8.78 Å². The Balaban J connectivity index is 1.93. The summed E-state index contributed by atoms with van der Waals surface area (Å²) < 4.78 is 27.7. The second-order valence-corrected chi connectivity index (χ2v) is 6.33. The SMILES string of the molecule is CN(C(=O)C[C@@H]1C=CCC1)[C@H](c1cccnc1)c1ccc(F)cc1F. The minimum atomic E-state index is -0.672. The topological polar surface area (TPSA) is 33.2 Å². The van der Waals surface area contributed by atoms with Gasteiger partial charge in [-0.25, -0.2) is 8.78 Å². The highest BCUT2D eigenvalue weighted by molar-refractivity contribution is 5.77. The van der Waals surface area contributed by atoms with E-state index < -0.39 is 17.7 Å². The lowest BCUT2D eigenvalue weighted by Crippen LogP contribution is -2.33. The van der Waals surface area contributed by atoms with Crippen molar-refractivity contribution in [2.45, 2.75) is 25.3 Å². The van der Waals surface area contributed by atoms with Crippen molar-refractivity contribution in [2.75, 3.05) is 7.05 Å². The van der Waals surface area contributed by atoms with Gasteiger partial charge in [0.05, 0.1) is 6.04 Å². The predicted octanol–water partition coefficient (Wildman–Crippen LogP) is 4.26. The van der Waals surface area contributed by atoms with Crippen molar-refractivity contribution in [1.82, 2.24) is 9.88 Å². The van der Waals surface area contributed by atoms with Crippen LogP contribution in [0.2, 0.25) is 0 Å². The average molecular weight is 342 g/mol. The van der Waals surface area contributed by atoms with Crippen molar-refractivity contribution in [1.29, 1.82) is 0 Å². The van der Waals surface area contributed by atoms with E-state index in [4.69, 9.17) is 0 Å². The fourth-order valence-electron chi connectivity index (χ4n) is 3.25. The third kappa shape index (κ3) is 3.92. The summed E-state index contributed by atoms with van der Waals surface area (Å²) in [5, 5.41) is 0. The van der Waals surface area contributed by atoms with Gasteiger partial charge in [-0.05, 0) is 36.5 Å². The Bertz CT molecular complexity index is 777. The van der Waals surface area contributed by atoms with E-state index in [-0.39, 0.29) is 17.4 Å². The van der Waals surface area contributed by atoms with Crippen LogP contribution < -0.4 is 0 Å². The molecule has 0 saturated heterocycles. The molecular formula is C20H20F2N2O. The van der Waals surface area contributed by atoms with Gasteiger partial charge in [0.25, 0.3) is 0 Å². The number of nitrogens with zero attached hydrogens (tertiary/aromatic N) is 2. The number of rotatable bonds is 5. The van der Waals surface area contributed by atoms with Gasteiger partial charge in [-0.1, -0.05) is 24.3 Å². The first-order valence-electron chi connectivity index (χ1n) is 8.33. The second kappa shape index (κ2) is 7.55. The van der Waals surface area contributed by atoms with Crippen molar-refractivity contribution >= 4 is 5.91 Å². The minimum absolute atomic E-state index is 0.0749. The van der Waals surface area contributed by atoms with Crippen molar-refractivity contribution in [3.8, 4) is 0 Å². The Morgan fingerprint density at radius 3 is 2.84 bits per heavy atom. The highest BCUT2D eigenvalue weighted by Crippen LogP contribution is 2.31. The molecular weight excluding hydrogens is 322 g/mol. The van der Waals surface area contributed by atoms with E-state index in [0.717, 1.165) is 18.9 Å². The van der Waals surface area contributed by atoms with Crippen molar-refractivity contribution in [3.05, 3.63) is 77.6 Å². The zero-order chi connectivity index (χ0) is 17.8. The fourth-order valence-corrected chi connectivity index (χ4v) is 3.25. The zero-order valence-electron chi connectivity index (χ0n) is 14.0. The van der Waals surface area contributed by atoms with E-state index in [2.05, 4.69) is 17.1 Å². The molecule has 5 heteroatoms. The molecule has 0 aliphatic heterocycles. The molecule has 2 atom stereocenters. The Labute approximate surface area is 146 Å². The van der Waals surface area contributed by atoms with Gasteiger partial charge >= 0.3 is 0 Å². The van der Waals surface area contributed by atoms with Crippen LogP contribution in [0.1, 0.15) is 36.4 Å². The highest BCUT2D eigenvalue weighted by Gasteiger charge is 2.28. The molecule has 1 aromatic heterocycles. The van der Waals surface area contributed by atoms with Gasteiger partial charge in [-0.3, -0.25) is 9.78 Å². The van der Waals surface area contributed by atoms with E-state index >= 15 is 0 Å². The molecule has 1 aliphatic rings. The predicted molar refractivity (Wildman–Crippen MR) is 91.7 cm³/mol. The standard InChI is InChI=1S/C20H20F2N2O/c1-24(19(25)11-14-5-2-3-6-14)20(15-7-4-10-23-13-15)17-9-8-16(21)12-18(17)22/h2,4-5,7-10,12-14,20H,3,6,11H2,1H3/t14-,20-/m1/s1. The molecule has 3 rings (SSSR count). The van der Waals surface area contributed by atoms with E-state index in [9.17, 15) is 13.6 Å². The number of carbonyl (C=O) groups excluding carboxylic acids is 1. The Morgan fingerprint density at radius 1 is 1.36 bits per heavy atom. The number of pyridine rings is 1. The zero-order valence-corrected chi connectivity index (χ0v) is 14.0. The van der Waals surface area contributed by atoms with Crippen LogP contribution >= 0.6 is 0 Å². The maximum absolute atomic E-state index is 14.4. The molecule has 25 heavy (non-hydrogen) atoms. The Kier molecular flexibility index (Phi) is 5.22. The molecule has 0 radical (unpaired) electrons. The number of allylic oxidation sites excluding steroid dienone is 2. The van der Waals surface area contributed by atoms with Crippen molar-refractivity contribution in [2.24, 2.45) is 5.92 Å². The second-order valence-electron chi connectivity index (χ2n) is 6.33. The number of aromatic nitrogens is 1. The quantitative estimate of drug-likeness (QED) is 0.761. The number of halogens is 2. The fraction of sp³-hybridized carbons (Fsp3) is 0.300. The van der Waals surface area contributed by atoms with Gasteiger partial charge < -0.3 is 4.90 Å². The first kappa shape index (κ1) is 17.3. The van der Waals surface area contributed by atoms with Gasteiger partial charge in [0.15, 0.2) is 0 Å². The number of hydrogen-bond donors (Lipinski definition) is 0. The average Bonchev–Trinajstić information content (AvgIpc) is 3.11. The molecule has 1 aromatic carbocycles. The third-order valence-corrected chi connectivity index (χ3v) is 4.59. The largest absolute Gasteiger partial charge is 0.334 e. The van der Waals surface area contributed by atoms with Crippen LogP contribution in [0.15, 0.2) is 54.9 Å². The van der Waals surface area contributed by atoms with Crippen LogP contribution in [0.5, 0.6) is 0 Å². The molecule has 0 saturated carbocycles. The lowest BCUT2D eigenvalue weighted by Gasteiger charge is -2.30. The van der Waals surface area contributed by atoms with Gasteiger partial charge in [0.1, 0.15) is 11.6 Å². The first-order valence-corrected chi connectivity index (χ1v) is 8.33. The minimum Gasteiger partial charge on any atom is -0.334 e. The summed E-state index contributed by atoms with van der Waals surface area (Å²) in [6.45, 7) is 0. The molecule has 3 nitrogen and oxygen atoms in total. The molecule has 0 bridgehead atoms. The molecule has 0 spiro atoms. The number of carbonyl (C=O) groups is 1. The smallest absolute Gasteiger partial charge is 0.223 e. The molecule has 130 valence electrons. The molecule has 2 aromatic rings. The monoisotopic (exact) mass is 342 g/mol. The number of hydrogen-bond acceptors (Lipinski definition) is 2. The van der Waals surface area contributed by atoms with Crippen LogP contribution in [0, 0.1) is 17.6 Å². The third-order valence-electron chi connectivity index (χ3n) is 4.59. The molecule has 1 amide bonds. The van der Waals surface area contributed by atoms with Crippen LogP contribution in [-0.2, 0) is 4.79 Å². The maximum atomic E-state index is 14.4. The normalized spacial score (nSPS) is 17.5. The summed E-state index contributed by atoms with van der Waals surface area (Å²) in [6.07, 6.45) is 9.69. The summed E-state index contributed by atoms with van der Waals surface area (Å²) >= 11 is 0. The van der Waals surface area contributed by atoms with Crippen LogP contribution in [0.3, 0.4) is 0 Å². The van der Waals surface area contributed by atoms with E-state index in [1.165, 1.54) is 17.0 Å². The Hall–Kier alpha value is -2.56. The van der Waals surface area contributed by atoms with Gasteiger partial charge in [0, 0.05) is 37.5 Å². The summed E-state index contributed by atoms with van der Waals surface area (Å²) in [5.74, 6) is -1.16. The Morgan fingerprint density at radius 2 is 2.20 bits per heavy atom. The lowest BCUT2D eigenvalue weighted by molar-refractivity contribution is -0.132. The van der Waals surface area contributed by atoms with E-state index in [0.29, 0.717) is 12.0 Å². The molecule has 1 heterocycles. The molecule has 1 aliphatic carbocycles. The summed E-state index contributed by atoms with van der Waals surface area (Å²) in [6, 6.07) is 6.33. The van der Waals surface area contributed by atoms with Crippen molar-refractivity contribution in [3.63, 3.8) is 0 Å². The van der Waals surface area contributed by atoms with Gasteiger partial charge in [-0.2, -0.15) is 0 Å². The van der Waals surface area contributed by atoms with Gasteiger partial charge in [-0.15, -0.1) is 0 Å². The number of amides is 1. The van der Waals surface area contributed by atoms with E-state index in [1.807, 2.05) is 0 Å². The van der Waals surface area contributed by atoms with E-state index in [1.54, 1.807) is 31.6 Å². The number of benzene rings is 1. The molecule has 0 N–H and O–H groups in total. The van der Waals surface area contributed by atoms with Crippen LogP contribution in [0.25, 0.3) is 0 Å². The molecule has 0 unspecified atom stereocenters. The summed E-state index contributed by atoms with van der Waals surface area (Å²) in [7, 11) is 1.65. The first-order chi connectivity index (χ1) is 12.1. The summed E-state index contributed by atoms with van der Waals surface area (Å²) in [5.41, 5.74) is 0.943. The van der Waals surface area contributed by atoms with Crippen LogP contribution in [-0.4, -0.2) is 22.8 Å². The van der Waals surface area contributed by atoms with Crippen molar-refractivity contribution < 1.29 is 13.6 Å². The maximum Gasteiger partial charge on any atom is 0.223 e. The van der Waals surface area contributed by atoms with Gasteiger partial charge in [0.2, 0.25) is 5.91 Å². The lowest BCUT2D eigenvalue weighted by atomic mass is 9.96. The molecule has 0 fully saturated rings.